The van der Waals surface area contributed by atoms with Crippen LogP contribution >= 0.6 is 0 Å². The zero-order chi connectivity index (χ0) is 12.6. The van der Waals surface area contributed by atoms with Crippen molar-refractivity contribution in [1.82, 2.24) is 10.6 Å². The largest absolute Gasteiger partial charge is 0.394 e. The van der Waals surface area contributed by atoms with Crippen molar-refractivity contribution in [2.75, 3.05) is 6.61 Å². The van der Waals surface area contributed by atoms with E-state index in [0.717, 1.165) is 0 Å². The van der Waals surface area contributed by atoms with Crippen molar-refractivity contribution in [3.63, 3.8) is 0 Å². The summed E-state index contributed by atoms with van der Waals surface area (Å²) in [5, 5.41) is 13.6. The van der Waals surface area contributed by atoms with Gasteiger partial charge in [0.25, 0.3) is 5.91 Å². The predicted molar refractivity (Wildman–Crippen MR) is 55.7 cm³/mol. The fraction of sp³-hybridized carbons (Fsp3) is 0.600. The number of aliphatic hydroxyl groups is 1. The highest BCUT2D eigenvalue weighted by molar-refractivity contribution is 6.11. The molecule has 2 rings (SSSR count). The smallest absolute Gasteiger partial charge is 0.326 e. The molecule has 2 aliphatic rings. The maximum absolute atomic E-state index is 11.3. The van der Waals surface area contributed by atoms with Crippen molar-refractivity contribution in [2.24, 2.45) is 0 Å². The number of urea groups is 1. The molecule has 2 saturated heterocycles. The first-order chi connectivity index (χ1) is 7.91. The van der Waals surface area contributed by atoms with Crippen LogP contribution < -0.4 is 10.6 Å². The lowest BCUT2D eigenvalue weighted by molar-refractivity contribution is -0.146. The molecule has 17 heavy (non-hydrogen) atoms. The minimum absolute atomic E-state index is 0.111. The molecule has 94 valence electrons. The number of carbonyl (C=O) groups is 2. The van der Waals surface area contributed by atoms with Crippen LogP contribution in [0, 0.1) is 0 Å². The summed E-state index contributed by atoms with van der Waals surface area (Å²) in [4.78, 5) is 22.2. The van der Waals surface area contributed by atoms with Gasteiger partial charge in [-0.1, -0.05) is 0 Å². The van der Waals surface area contributed by atoms with Crippen molar-refractivity contribution in [2.45, 2.75) is 31.8 Å². The van der Waals surface area contributed by atoms with Crippen LogP contribution in [-0.4, -0.2) is 41.6 Å². The molecule has 7 heteroatoms. The van der Waals surface area contributed by atoms with E-state index in [1.165, 1.54) is 6.08 Å². The van der Waals surface area contributed by atoms with E-state index in [0.29, 0.717) is 0 Å². The first-order valence-corrected chi connectivity index (χ1v) is 5.22. The maximum Gasteiger partial charge on any atom is 0.326 e. The molecule has 2 atom stereocenters. The van der Waals surface area contributed by atoms with Gasteiger partial charge in [-0.25, -0.2) is 4.79 Å². The Hall–Kier alpha value is -1.44. The molecule has 0 spiro atoms. The van der Waals surface area contributed by atoms with Gasteiger partial charge in [0.15, 0.2) is 5.79 Å². The van der Waals surface area contributed by atoms with Gasteiger partial charge in [-0.15, -0.1) is 0 Å². The van der Waals surface area contributed by atoms with Crippen LogP contribution in [0.1, 0.15) is 13.8 Å². The average molecular weight is 242 g/mol. The Kier molecular flexibility index (Phi) is 2.90. The van der Waals surface area contributed by atoms with E-state index in [4.69, 9.17) is 14.6 Å². The number of hydrogen-bond donors (Lipinski definition) is 3. The summed E-state index contributed by atoms with van der Waals surface area (Å²) >= 11 is 0. The summed E-state index contributed by atoms with van der Waals surface area (Å²) in [6.45, 7) is 3.19. The summed E-state index contributed by atoms with van der Waals surface area (Å²) in [6.07, 6.45) is 0.313. The molecule has 2 fully saturated rings. The predicted octanol–water partition coefficient (Wildman–Crippen LogP) is -0.778. The van der Waals surface area contributed by atoms with Crippen LogP contribution in [0.25, 0.3) is 0 Å². The number of aliphatic hydroxyl groups excluding tert-OH is 1. The zero-order valence-corrected chi connectivity index (χ0v) is 9.52. The van der Waals surface area contributed by atoms with Crippen LogP contribution in [0.4, 0.5) is 4.79 Å². The van der Waals surface area contributed by atoms with Crippen LogP contribution in [-0.2, 0) is 14.3 Å². The quantitative estimate of drug-likeness (QED) is 0.436. The molecule has 2 heterocycles. The number of rotatable bonds is 2. The molecule has 0 aromatic carbocycles. The van der Waals surface area contributed by atoms with Gasteiger partial charge in [-0.3, -0.25) is 10.1 Å². The maximum atomic E-state index is 11.3. The van der Waals surface area contributed by atoms with E-state index >= 15 is 0 Å². The second-order valence-corrected chi connectivity index (χ2v) is 4.31. The van der Waals surface area contributed by atoms with E-state index in [-0.39, 0.29) is 12.3 Å². The van der Waals surface area contributed by atoms with Gasteiger partial charge < -0.3 is 19.9 Å². The third-order valence-corrected chi connectivity index (χ3v) is 2.45. The lowest BCUT2D eigenvalue weighted by atomic mass is 10.2. The third kappa shape index (κ3) is 2.46. The van der Waals surface area contributed by atoms with Crippen LogP contribution in [0.5, 0.6) is 0 Å². The van der Waals surface area contributed by atoms with E-state index in [9.17, 15) is 9.59 Å². The Labute approximate surface area is 97.8 Å². The van der Waals surface area contributed by atoms with Crippen molar-refractivity contribution in [3.05, 3.63) is 11.8 Å². The van der Waals surface area contributed by atoms with Gasteiger partial charge in [0.1, 0.15) is 17.9 Å². The lowest BCUT2D eigenvalue weighted by Gasteiger charge is -2.16. The molecule has 0 aromatic heterocycles. The average Bonchev–Trinajstić information content (AvgIpc) is 2.67. The summed E-state index contributed by atoms with van der Waals surface area (Å²) < 4.78 is 10.9. The van der Waals surface area contributed by atoms with Gasteiger partial charge in [-0.2, -0.15) is 0 Å². The van der Waals surface area contributed by atoms with Crippen molar-refractivity contribution < 1.29 is 24.2 Å². The molecule has 0 unspecified atom stereocenters. The molecule has 0 saturated carbocycles. The summed E-state index contributed by atoms with van der Waals surface area (Å²) in [5.41, 5.74) is 0.111. The lowest BCUT2D eigenvalue weighted by Crippen LogP contribution is -2.26. The Morgan fingerprint density at radius 3 is 2.59 bits per heavy atom. The normalized spacial score (nSPS) is 33.9. The molecule has 0 aromatic rings. The van der Waals surface area contributed by atoms with E-state index in [1.807, 2.05) is 0 Å². The Morgan fingerprint density at radius 1 is 1.35 bits per heavy atom. The fourth-order valence-corrected chi connectivity index (χ4v) is 1.81. The second-order valence-electron chi connectivity index (χ2n) is 4.31. The van der Waals surface area contributed by atoms with E-state index in [2.05, 4.69) is 10.6 Å². The molecule has 3 N–H and O–H groups in total. The van der Waals surface area contributed by atoms with Crippen LogP contribution in [0.2, 0.25) is 0 Å². The van der Waals surface area contributed by atoms with Crippen molar-refractivity contribution >= 4 is 11.9 Å². The highest BCUT2D eigenvalue weighted by atomic mass is 16.8. The van der Waals surface area contributed by atoms with Gasteiger partial charge in [0.2, 0.25) is 0 Å². The standard InChI is InChI=1S/C10H14N2O5/c1-10(2)16-6(7(4-13)17-10)3-5-8(14)12-9(15)11-5/h3,6-7,13H,4H2,1-2H3,(H2,11,12,14,15)/b5-3+/t6-,7+/m0/s1. The number of hydrogen-bond acceptors (Lipinski definition) is 5. The minimum atomic E-state index is -0.825. The second kappa shape index (κ2) is 4.10. The first-order valence-electron chi connectivity index (χ1n) is 5.22. The molecular formula is C10H14N2O5. The molecular weight excluding hydrogens is 228 g/mol. The Balaban J connectivity index is 2.15. The minimum Gasteiger partial charge on any atom is -0.394 e. The third-order valence-electron chi connectivity index (χ3n) is 2.45. The molecule has 0 radical (unpaired) electrons. The van der Waals surface area contributed by atoms with Gasteiger partial charge in [0, 0.05) is 0 Å². The topological polar surface area (TPSA) is 96.9 Å². The number of carbonyl (C=O) groups excluding carboxylic acids is 2. The Morgan fingerprint density at radius 2 is 2.06 bits per heavy atom. The molecule has 2 aliphatic heterocycles. The molecule has 0 aliphatic carbocycles. The first kappa shape index (κ1) is 12.0. The van der Waals surface area contributed by atoms with E-state index in [1.54, 1.807) is 13.8 Å². The van der Waals surface area contributed by atoms with Crippen LogP contribution in [0.3, 0.4) is 0 Å². The summed E-state index contributed by atoms with van der Waals surface area (Å²) in [7, 11) is 0. The summed E-state index contributed by atoms with van der Waals surface area (Å²) in [6, 6.07) is -0.569. The summed E-state index contributed by atoms with van der Waals surface area (Å²) in [5.74, 6) is -1.34. The zero-order valence-electron chi connectivity index (χ0n) is 9.52. The van der Waals surface area contributed by atoms with E-state index < -0.39 is 29.9 Å². The molecule has 3 amide bonds. The van der Waals surface area contributed by atoms with Crippen LogP contribution in [0.15, 0.2) is 11.8 Å². The Bertz CT molecular complexity index is 390. The number of imide groups is 1. The van der Waals surface area contributed by atoms with Gasteiger partial charge in [-0.05, 0) is 19.9 Å². The van der Waals surface area contributed by atoms with Gasteiger partial charge in [0.05, 0.1) is 6.61 Å². The van der Waals surface area contributed by atoms with Crippen molar-refractivity contribution in [3.8, 4) is 0 Å². The monoisotopic (exact) mass is 242 g/mol. The molecule has 0 bridgehead atoms. The SMILES string of the molecule is CC1(C)O[C@@H](/C=C2/NC(=O)NC2=O)[C@@H](CO)O1. The molecule has 7 nitrogen and oxygen atoms in total. The fourth-order valence-electron chi connectivity index (χ4n) is 1.81. The highest BCUT2D eigenvalue weighted by Crippen LogP contribution is 2.29. The number of ether oxygens (including phenoxy) is 2. The highest BCUT2D eigenvalue weighted by Gasteiger charge is 2.40. The number of amides is 3. The van der Waals surface area contributed by atoms with Gasteiger partial charge >= 0.3 is 6.03 Å². The number of nitrogens with one attached hydrogen (secondary N) is 2. The van der Waals surface area contributed by atoms with Crippen molar-refractivity contribution in [1.29, 1.82) is 0 Å².